The molecule has 0 aliphatic carbocycles. The molecule has 0 fully saturated rings. The lowest BCUT2D eigenvalue weighted by molar-refractivity contribution is -0.120. The van der Waals surface area contributed by atoms with Crippen molar-refractivity contribution < 1.29 is 4.79 Å². The Morgan fingerprint density at radius 1 is 1.40 bits per heavy atom. The van der Waals surface area contributed by atoms with Crippen LogP contribution in [-0.4, -0.2) is 15.3 Å². The highest BCUT2D eigenvalue weighted by atomic mass is 32.1. The van der Waals surface area contributed by atoms with E-state index >= 15 is 0 Å². The van der Waals surface area contributed by atoms with E-state index in [4.69, 9.17) is 0 Å². The number of nitrogens with one attached hydrogen (secondary N) is 1. The molecule has 3 rings (SSSR count). The molecule has 102 valence electrons. The molecular weight excluding hydrogens is 270 g/mol. The second-order valence-electron chi connectivity index (χ2n) is 4.71. The van der Waals surface area contributed by atoms with Crippen molar-refractivity contribution in [2.24, 2.45) is 0 Å². The normalized spacial score (nSPS) is 10.8. The summed E-state index contributed by atoms with van der Waals surface area (Å²) in [4.78, 5) is 17.3. The number of carbonyl (C=O) groups excluding carboxylic acids is 1. The number of amides is 1. The Morgan fingerprint density at radius 3 is 3.05 bits per heavy atom. The molecule has 1 aromatic carbocycles. The fourth-order valence-electron chi connectivity index (χ4n) is 2.09. The summed E-state index contributed by atoms with van der Waals surface area (Å²) in [5, 5.41) is 4.90. The molecule has 1 N–H and O–H groups in total. The first-order valence-electron chi connectivity index (χ1n) is 6.44. The van der Waals surface area contributed by atoms with E-state index in [-0.39, 0.29) is 5.91 Å². The van der Waals surface area contributed by atoms with Gasteiger partial charge in [-0.1, -0.05) is 24.3 Å². The zero-order valence-corrected chi connectivity index (χ0v) is 12.0. The lowest BCUT2D eigenvalue weighted by atomic mass is 10.1. The first-order chi connectivity index (χ1) is 9.72. The highest BCUT2D eigenvalue weighted by Crippen LogP contribution is 2.11. The minimum atomic E-state index is 0.0238. The molecule has 0 atom stereocenters. The average molecular weight is 285 g/mol. The van der Waals surface area contributed by atoms with Crippen LogP contribution in [0, 0.1) is 6.92 Å². The third kappa shape index (κ3) is 2.72. The van der Waals surface area contributed by atoms with Gasteiger partial charge >= 0.3 is 0 Å². The monoisotopic (exact) mass is 285 g/mol. The number of aryl methyl sites for hydroxylation is 1. The fraction of sp³-hybridized carbons (Fsp3) is 0.200. The Kier molecular flexibility index (Phi) is 3.52. The van der Waals surface area contributed by atoms with Crippen molar-refractivity contribution >= 4 is 22.2 Å². The summed E-state index contributed by atoms with van der Waals surface area (Å²) in [5.41, 5.74) is 3.09. The predicted octanol–water partition coefficient (Wildman–Crippen LogP) is 2.56. The summed E-state index contributed by atoms with van der Waals surface area (Å²) in [7, 11) is 0. The number of hydrogen-bond donors (Lipinski definition) is 1. The molecule has 0 spiro atoms. The Morgan fingerprint density at radius 2 is 2.25 bits per heavy atom. The van der Waals surface area contributed by atoms with Gasteiger partial charge in [0.05, 0.1) is 18.7 Å². The summed E-state index contributed by atoms with van der Waals surface area (Å²) in [6.45, 7) is 2.49. The molecule has 2 heterocycles. The number of aromatic nitrogens is 2. The van der Waals surface area contributed by atoms with Crippen LogP contribution in [0.1, 0.15) is 16.8 Å². The Balaban J connectivity index is 1.59. The van der Waals surface area contributed by atoms with Gasteiger partial charge in [-0.3, -0.25) is 9.20 Å². The minimum absolute atomic E-state index is 0.0238. The average Bonchev–Trinajstić information content (AvgIpc) is 3.00. The van der Waals surface area contributed by atoms with Crippen molar-refractivity contribution in [3.63, 3.8) is 0 Å². The SMILES string of the molecule is Cc1ccccc1CC(=O)NCc1cn2ccsc2n1. The number of rotatable bonds is 4. The van der Waals surface area contributed by atoms with E-state index < -0.39 is 0 Å². The molecule has 0 unspecified atom stereocenters. The molecule has 1 amide bonds. The topological polar surface area (TPSA) is 46.4 Å². The number of carbonyl (C=O) groups is 1. The fourth-order valence-corrected chi connectivity index (χ4v) is 2.81. The minimum Gasteiger partial charge on any atom is -0.350 e. The van der Waals surface area contributed by atoms with Gasteiger partial charge < -0.3 is 5.32 Å². The van der Waals surface area contributed by atoms with Crippen molar-refractivity contribution in [3.05, 3.63) is 58.9 Å². The van der Waals surface area contributed by atoms with Gasteiger partial charge in [-0.25, -0.2) is 4.98 Å². The maximum atomic E-state index is 11.9. The van der Waals surface area contributed by atoms with Gasteiger partial charge in [-0.15, -0.1) is 11.3 Å². The number of nitrogens with zero attached hydrogens (tertiary/aromatic N) is 2. The van der Waals surface area contributed by atoms with Crippen LogP contribution in [0.5, 0.6) is 0 Å². The molecule has 2 aromatic heterocycles. The van der Waals surface area contributed by atoms with E-state index in [0.717, 1.165) is 21.8 Å². The summed E-state index contributed by atoms with van der Waals surface area (Å²) < 4.78 is 1.97. The second-order valence-corrected chi connectivity index (χ2v) is 5.58. The quantitative estimate of drug-likeness (QED) is 0.801. The van der Waals surface area contributed by atoms with Gasteiger partial charge in [0.2, 0.25) is 5.91 Å². The van der Waals surface area contributed by atoms with Gasteiger partial charge in [-0.05, 0) is 18.1 Å². The van der Waals surface area contributed by atoms with Crippen LogP contribution >= 0.6 is 11.3 Å². The molecule has 4 nitrogen and oxygen atoms in total. The summed E-state index contributed by atoms with van der Waals surface area (Å²) in [6.07, 6.45) is 4.32. The molecule has 3 aromatic rings. The van der Waals surface area contributed by atoms with Crippen molar-refractivity contribution in [3.8, 4) is 0 Å². The van der Waals surface area contributed by atoms with Crippen LogP contribution in [0.15, 0.2) is 42.0 Å². The molecule has 5 heteroatoms. The van der Waals surface area contributed by atoms with Crippen LogP contribution in [0.2, 0.25) is 0 Å². The van der Waals surface area contributed by atoms with Crippen LogP contribution in [0.4, 0.5) is 0 Å². The number of thiazole rings is 1. The molecule has 0 saturated heterocycles. The number of hydrogen-bond acceptors (Lipinski definition) is 3. The lowest BCUT2D eigenvalue weighted by Gasteiger charge is -2.06. The zero-order valence-electron chi connectivity index (χ0n) is 11.2. The largest absolute Gasteiger partial charge is 0.350 e. The van der Waals surface area contributed by atoms with E-state index in [2.05, 4.69) is 10.3 Å². The third-order valence-corrected chi connectivity index (χ3v) is 3.99. The first kappa shape index (κ1) is 12.9. The molecule has 0 bridgehead atoms. The Labute approximate surface area is 121 Å². The van der Waals surface area contributed by atoms with Gasteiger partial charge in [0.25, 0.3) is 0 Å². The molecular formula is C15H15N3OS. The van der Waals surface area contributed by atoms with Crippen LogP contribution in [-0.2, 0) is 17.8 Å². The van der Waals surface area contributed by atoms with Crippen LogP contribution in [0.25, 0.3) is 4.96 Å². The number of fused-ring (bicyclic) bond motifs is 1. The van der Waals surface area contributed by atoms with E-state index in [1.165, 1.54) is 0 Å². The predicted molar refractivity (Wildman–Crippen MR) is 79.8 cm³/mol. The molecule has 0 radical (unpaired) electrons. The van der Waals surface area contributed by atoms with Crippen molar-refractivity contribution in [2.75, 3.05) is 0 Å². The van der Waals surface area contributed by atoms with Crippen molar-refractivity contribution in [1.82, 2.24) is 14.7 Å². The molecule has 20 heavy (non-hydrogen) atoms. The van der Waals surface area contributed by atoms with Gasteiger partial charge in [0.15, 0.2) is 4.96 Å². The van der Waals surface area contributed by atoms with Gasteiger partial charge in [0.1, 0.15) is 0 Å². The maximum Gasteiger partial charge on any atom is 0.224 e. The maximum absolute atomic E-state index is 11.9. The van der Waals surface area contributed by atoms with E-state index in [0.29, 0.717) is 13.0 Å². The lowest BCUT2D eigenvalue weighted by Crippen LogP contribution is -2.25. The van der Waals surface area contributed by atoms with Crippen LogP contribution in [0.3, 0.4) is 0 Å². The zero-order chi connectivity index (χ0) is 13.9. The number of benzene rings is 1. The molecule has 0 saturated carbocycles. The number of imidazole rings is 1. The van der Waals surface area contributed by atoms with Gasteiger partial charge in [0, 0.05) is 17.8 Å². The van der Waals surface area contributed by atoms with E-state index in [1.54, 1.807) is 11.3 Å². The highest BCUT2D eigenvalue weighted by Gasteiger charge is 2.07. The summed E-state index contributed by atoms with van der Waals surface area (Å²) in [5.74, 6) is 0.0238. The smallest absolute Gasteiger partial charge is 0.224 e. The van der Waals surface area contributed by atoms with E-state index in [9.17, 15) is 4.79 Å². The van der Waals surface area contributed by atoms with E-state index in [1.807, 2.05) is 53.4 Å². The van der Waals surface area contributed by atoms with Crippen molar-refractivity contribution in [2.45, 2.75) is 19.9 Å². The van der Waals surface area contributed by atoms with Crippen molar-refractivity contribution in [1.29, 1.82) is 0 Å². The highest BCUT2D eigenvalue weighted by molar-refractivity contribution is 7.15. The molecule has 0 aliphatic rings. The molecule has 0 aliphatic heterocycles. The first-order valence-corrected chi connectivity index (χ1v) is 7.32. The Hall–Kier alpha value is -2.14. The van der Waals surface area contributed by atoms with Gasteiger partial charge in [-0.2, -0.15) is 0 Å². The summed E-state index contributed by atoms with van der Waals surface area (Å²) in [6, 6.07) is 7.95. The Bertz CT molecular complexity index is 716. The summed E-state index contributed by atoms with van der Waals surface area (Å²) >= 11 is 1.59. The second kappa shape index (κ2) is 5.46. The standard InChI is InChI=1S/C15H15N3OS/c1-11-4-2-3-5-12(11)8-14(19)16-9-13-10-18-6-7-20-15(18)17-13/h2-7,10H,8-9H2,1H3,(H,16,19). The third-order valence-electron chi connectivity index (χ3n) is 3.22. The van der Waals surface area contributed by atoms with Crippen LogP contribution < -0.4 is 5.32 Å².